The monoisotopic (exact) mass is 502 g/mol. The van der Waals surface area contributed by atoms with Crippen LogP contribution >= 0.6 is 23.2 Å². The van der Waals surface area contributed by atoms with Crippen molar-refractivity contribution in [3.63, 3.8) is 0 Å². The molecule has 1 aromatic heterocycles. The third kappa shape index (κ3) is 4.85. The van der Waals surface area contributed by atoms with Crippen molar-refractivity contribution in [3.05, 3.63) is 88.4 Å². The molecule has 0 aliphatic carbocycles. The van der Waals surface area contributed by atoms with E-state index in [1.165, 1.54) is 35.6 Å². The summed E-state index contributed by atoms with van der Waals surface area (Å²) in [6, 6.07) is 18.8. The molecule has 1 N–H and O–H groups in total. The first-order valence-corrected chi connectivity index (χ1v) is 11.7. The standard InChI is InChI=1S/C22H16Cl2N4O4S/c1-28(16-5-3-2-4-6-16)33(30,31)17-10-7-14(8-11-17)20(29)25-22-27-26-21(32-22)18-13-15(23)9-12-19(18)24/h2-13H,1H3,(H,25,27,29). The summed E-state index contributed by atoms with van der Waals surface area (Å²) < 4.78 is 32.4. The number of carbonyl (C=O) groups is 1. The minimum absolute atomic E-state index is 0.0427. The lowest BCUT2D eigenvalue weighted by Gasteiger charge is -2.19. The summed E-state index contributed by atoms with van der Waals surface area (Å²) in [7, 11) is -2.33. The Labute approximate surface area is 199 Å². The van der Waals surface area contributed by atoms with Crippen molar-refractivity contribution in [1.82, 2.24) is 10.2 Å². The number of sulfonamides is 1. The number of amides is 1. The Balaban J connectivity index is 1.49. The van der Waals surface area contributed by atoms with Crippen LogP contribution in [0.15, 0.2) is 82.1 Å². The van der Waals surface area contributed by atoms with Crippen molar-refractivity contribution in [3.8, 4) is 11.5 Å². The first-order valence-electron chi connectivity index (χ1n) is 9.50. The van der Waals surface area contributed by atoms with Crippen LogP contribution in [0.3, 0.4) is 0 Å². The minimum atomic E-state index is -3.79. The van der Waals surface area contributed by atoms with Gasteiger partial charge in [0.1, 0.15) is 0 Å². The Hall–Kier alpha value is -3.40. The van der Waals surface area contributed by atoms with Gasteiger partial charge in [-0.25, -0.2) is 8.42 Å². The van der Waals surface area contributed by atoms with E-state index in [-0.39, 0.29) is 22.4 Å². The number of halogens is 2. The number of nitrogens with one attached hydrogen (secondary N) is 1. The van der Waals surface area contributed by atoms with E-state index in [1.807, 2.05) is 0 Å². The van der Waals surface area contributed by atoms with Crippen molar-refractivity contribution in [2.24, 2.45) is 0 Å². The molecule has 3 aromatic carbocycles. The molecule has 0 saturated heterocycles. The predicted molar refractivity (Wildman–Crippen MR) is 126 cm³/mol. The maximum Gasteiger partial charge on any atom is 0.322 e. The summed E-state index contributed by atoms with van der Waals surface area (Å²) in [6.07, 6.45) is 0. The second-order valence-electron chi connectivity index (χ2n) is 6.82. The van der Waals surface area contributed by atoms with Gasteiger partial charge in [0.2, 0.25) is 0 Å². The average Bonchev–Trinajstić information content (AvgIpc) is 3.29. The van der Waals surface area contributed by atoms with E-state index in [0.29, 0.717) is 21.3 Å². The summed E-state index contributed by atoms with van der Waals surface area (Å²) in [6.45, 7) is 0. The van der Waals surface area contributed by atoms with Crippen molar-refractivity contribution in [1.29, 1.82) is 0 Å². The fourth-order valence-electron chi connectivity index (χ4n) is 2.93. The van der Waals surface area contributed by atoms with Crippen LogP contribution in [0.4, 0.5) is 11.7 Å². The highest BCUT2D eigenvalue weighted by Gasteiger charge is 2.22. The molecule has 0 radical (unpaired) electrons. The van der Waals surface area contributed by atoms with E-state index in [2.05, 4.69) is 15.5 Å². The highest BCUT2D eigenvalue weighted by Crippen LogP contribution is 2.30. The molecule has 33 heavy (non-hydrogen) atoms. The van der Waals surface area contributed by atoms with Gasteiger partial charge in [-0.05, 0) is 54.6 Å². The smallest absolute Gasteiger partial charge is 0.322 e. The van der Waals surface area contributed by atoms with Gasteiger partial charge in [-0.3, -0.25) is 14.4 Å². The summed E-state index contributed by atoms with van der Waals surface area (Å²) in [5, 5.41) is 10.9. The lowest BCUT2D eigenvalue weighted by Crippen LogP contribution is -2.26. The quantitative estimate of drug-likeness (QED) is 0.392. The molecule has 0 atom stereocenters. The maximum absolute atomic E-state index is 12.9. The average molecular weight is 503 g/mol. The molecular weight excluding hydrogens is 487 g/mol. The highest BCUT2D eigenvalue weighted by atomic mass is 35.5. The molecule has 4 aromatic rings. The van der Waals surface area contributed by atoms with Crippen LogP contribution in [0.25, 0.3) is 11.5 Å². The Morgan fingerprint density at radius 1 is 0.970 bits per heavy atom. The first kappa shape index (κ1) is 22.8. The highest BCUT2D eigenvalue weighted by molar-refractivity contribution is 7.92. The number of nitrogens with zero attached hydrogens (tertiary/aromatic N) is 3. The molecule has 4 rings (SSSR count). The SMILES string of the molecule is CN(c1ccccc1)S(=O)(=O)c1ccc(C(=O)Nc2nnc(-c3cc(Cl)ccc3Cl)o2)cc1. The predicted octanol–water partition coefficient (Wildman–Crippen LogP) is 5.12. The molecule has 1 heterocycles. The minimum Gasteiger partial charge on any atom is -0.403 e. The molecule has 8 nitrogen and oxygen atoms in total. The van der Waals surface area contributed by atoms with E-state index < -0.39 is 15.9 Å². The van der Waals surface area contributed by atoms with Crippen LogP contribution in [0, 0.1) is 0 Å². The van der Waals surface area contributed by atoms with Crippen molar-refractivity contribution >= 4 is 50.8 Å². The normalized spacial score (nSPS) is 11.2. The number of rotatable bonds is 6. The number of hydrogen-bond acceptors (Lipinski definition) is 6. The fraction of sp³-hybridized carbons (Fsp3) is 0.0455. The van der Waals surface area contributed by atoms with Gasteiger partial charge in [0.05, 0.1) is 21.2 Å². The van der Waals surface area contributed by atoms with Crippen molar-refractivity contribution in [2.75, 3.05) is 16.7 Å². The van der Waals surface area contributed by atoms with Crippen LogP contribution in [-0.2, 0) is 10.0 Å². The molecule has 11 heteroatoms. The molecule has 0 saturated carbocycles. The van der Waals surface area contributed by atoms with Crippen LogP contribution in [0.1, 0.15) is 10.4 Å². The molecule has 0 unspecified atom stereocenters. The van der Waals surface area contributed by atoms with Crippen LogP contribution < -0.4 is 9.62 Å². The summed E-state index contributed by atoms with van der Waals surface area (Å²) >= 11 is 12.1. The molecule has 0 aliphatic rings. The number of aromatic nitrogens is 2. The second kappa shape index (κ2) is 9.22. The zero-order valence-electron chi connectivity index (χ0n) is 17.1. The van der Waals surface area contributed by atoms with Gasteiger partial charge >= 0.3 is 6.01 Å². The van der Waals surface area contributed by atoms with Gasteiger partial charge in [0, 0.05) is 17.6 Å². The van der Waals surface area contributed by atoms with Gasteiger partial charge in [0.15, 0.2) is 0 Å². The Bertz CT molecular complexity index is 1410. The van der Waals surface area contributed by atoms with Crippen molar-refractivity contribution in [2.45, 2.75) is 4.90 Å². The van der Waals surface area contributed by atoms with E-state index in [0.717, 1.165) is 0 Å². The third-order valence-corrected chi connectivity index (χ3v) is 7.06. The number of benzene rings is 3. The first-order chi connectivity index (χ1) is 15.8. The van der Waals surface area contributed by atoms with Gasteiger partial charge in [-0.2, -0.15) is 0 Å². The lowest BCUT2D eigenvalue weighted by atomic mass is 10.2. The lowest BCUT2D eigenvalue weighted by molar-refractivity contribution is 0.102. The van der Waals surface area contributed by atoms with Gasteiger partial charge in [-0.15, -0.1) is 5.10 Å². The molecule has 0 bridgehead atoms. The molecule has 1 amide bonds. The van der Waals surface area contributed by atoms with Gasteiger partial charge < -0.3 is 4.42 Å². The number of para-hydroxylation sites is 1. The molecule has 0 fully saturated rings. The topological polar surface area (TPSA) is 105 Å². The van der Waals surface area contributed by atoms with Crippen LogP contribution in [0.5, 0.6) is 0 Å². The van der Waals surface area contributed by atoms with Crippen LogP contribution in [0.2, 0.25) is 10.0 Å². The zero-order valence-corrected chi connectivity index (χ0v) is 19.4. The third-order valence-electron chi connectivity index (χ3n) is 4.70. The fourth-order valence-corrected chi connectivity index (χ4v) is 4.49. The number of carbonyl (C=O) groups excluding carboxylic acids is 1. The second-order valence-corrected chi connectivity index (χ2v) is 9.64. The summed E-state index contributed by atoms with van der Waals surface area (Å²) in [4.78, 5) is 12.6. The van der Waals surface area contributed by atoms with Gasteiger partial charge in [-0.1, -0.05) is 46.5 Å². The number of hydrogen-bond donors (Lipinski definition) is 1. The Kier molecular flexibility index (Phi) is 6.37. The van der Waals surface area contributed by atoms with E-state index in [9.17, 15) is 13.2 Å². The summed E-state index contributed by atoms with van der Waals surface area (Å²) in [5.74, 6) is -0.467. The van der Waals surface area contributed by atoms with Gasteiger partial charge in [0.25, 0.3) is 21.8 Å². The van der Waals surface area contributed by atoms with E-state index >= 15 is 0 Å². The van der Waals surface area contributed by atoms with Crippen LogP contribution in [-0.4, -0.2) is 31.6 Å². The maximum atomic E-state index is 12.9. The zero-order chi connectivity index (χ0) is 23.6. The Morgan fingerprint density at radius 3 is 2.36 bits per heavy atom. The molecule has 0 aliphatic heterocycles. The van der Waals surface area contributed by atoms with E-state index in [1.54, 1.807) is 48.5 Å². The summed E-state index contributed by atoms with van der Waals surface area (Å²) in [5.41, 5.74) is 1.15. The Morgan fingerprint density at radius 2 is 1.67 bits per heavy atom. The largest absolute Gasteiger partial charge is 0.403 e. The van der Waals surface area contributed by atoms with Crippen molar-refractivity contribution < 1.29 is 17.6 Å². The molecule has 0 spiro atoms. The van der Waals surface area contributed by atoms with E-state index in [4.69, 9.17) is 27.6 Å². The molecular formula is C22H16Cl2N4O4S. The molecule has 168 valence electrons. The number of anilines is 2.